The van der Waals surface area contributed by atoms with E-state index < -0.39 is 0 Å². The predicted octanol–water partition coefficient (Wildman–Crippen LogP) is 3.07. The van der Waals surface area contributed by atoms with Crippen molar-refractivity contribution in [3.05, 3.63) is 70.3 Å². The van der Waals surface area contributed by atoms with E-state index in [0.717, 1.165) is 19.3 Å². The standard InChI is InChI=1S/C24H27N3O4/c1-2-17-9-11-18(12-10-17)31-16-23(28)27(14-19-6-5-13-30-19)15-22-25-21-8-4-3-7-20(21)24(29)26-22/h3-4,7-12,19H,2,5-6,13-16H2,1H3,(H,25,26,29). The first-order valence-electron chi connectivity index (χ1n) is 10.7. The summed E-state index contributed by atoms with van der Waals surface area (Å²) in [6.07, 6.45) is 2.83. The van der Waals surface area contributed by atoms with Crippen molar-refractivity contribution in [1.82, 2.24) is 14.9 Å². The first-order chi connectivity index (χ1) is 15.1. The molecule has 1 N–H and O–H groups in total. The van der Waals surface area contributed by atoms with Crippen LogP contribution in [0.2, 0.25) is 0 Å². The van der Waals surface area contributed by atoms with Gasteiger partial charge in [-0.1, -0.05) is 31.2 Å². The van der Waals surface area contributed by atoms with Crippen LogP contribution in [0, 0.1) is 0 Å². The fourth-order valence-corrected chi connectivity index (χ4v) is 3.74. The van der Waals surface area contributed by atoms with E-state index in [-0.39, 0.29) is 30.7 Å². The van der Waals surface area contributed by atoms with Crippen molar-refractivity contribution in [3.63, 3.8) is 0 Å². The van der Waals surface area contributed by atoms with E-state index in [4.69, 9.17) is 9.47 Å². The third-order valence-electron chi connectivity index (χ3n) is 5.50. The number of aromatic amines is 1. The number of fused-ring (bicyclic) bond motifs is 1. The van der Waals surface area contributed by atoms with E-state index in [0.29, 0.717) is 35.6 Å². The number of aryl methyl sites for hydroxylation is 1. The lowest BCUT2D eigenvalue weighted by atomic mass is 10.2. The van der Waals surface area contributed by atoms with Gasteiger partial charge in [0, 0.05) is 13.2 Å². The highest BCUT2D eigenvalue weighted by Gasteiger charge is 2.24. The molecule has 1 aromatic heterocycles. The van der Waals surface area contributed by atoms with Crippen LogP contribution in [0.3, 0.4) is 0 Å². The second-order valence-electron chi connectivity index (χ2n) is 7.73. The molecule has 7 heteroatoms. The molecule has 7 nitrogen and oxygen atoms in total. The van der Waals surface area contributed by atoms with Gasteiger partial charge in [0.15, 0.2) is 6.61 Å². The minimum Gasteiger partial charge on any atom is -0.484 e. The molecule has 0 bridgehead atoms. The van der Waals surface area contributed by atoms with Gasteiger partial charge in [-0.25, -0.2) is 4.98 Å². The van der Waals surface area contributed by atoms with Gasteiger partial charge in [-0.3, -0.25) is 9.59 Å². The number of carbonyl (C=O) groups excluding carboxylic acids is 1. The third kappa shape index (κ3) is 5.30. The fourth-order valence-electron chi connectivity index (χ4n) is 3.74. The Morgan fingerprint density at radius 1 is 1.23 bits per heavy atom. The maximum Gasteiger partial charge on any atom is 0.261 e. The minimum absolute atomic E-state index is 0.0139. The molecule has 0 aliphatic carbocycles. The normalized spacial score (nSPS) is 15.8. The van der Waals surface area contributed by atoms with E-state index in [1.165, 1.54) is 5.56 Å². The van der Waals surface area contributed by atoms with Crippen molar-refractivity contribution in [3.8, 4) is 5.75 Å². The van der Waals surface area contributed by atoms with Crippen molar-refractivity contribution < 1.29 is 14.3 Å². The van der Waals surface area contributed by atoms with E-state index in [1.54, 1.807) is 23.1 Å². The Morgan fingerprint density at radius 3 is 2.77 bits per heavy atom. The largest absolute Gasteiger partial charge is 0.484 e. The van der Waals surface area contributed by atoms with Gasteiger partial charge in [0.2, 0.25) is 0 Å². The van der Waals surface area contributed by atoms with Crippen LogP contribution < -0.4 is 10.3 Å². The SMILES string of the molecule is CCc1ccc(OCC(=O)N(Cc2nc3ccccc3c(=O)[nH]2)CC2CCCO2)cc1. The van der Waals surface area contributed by atoms with Crippen LogP contribution in [0.5, 0.6) is 5.75 Å². The van der Waals surface area contributed by atoms with Gasteiger partial charge < -0.3 is 19.4 Å². The van der Waals surface area contributed by atoms with Crippen molar-refractivity contribution in [2.75, 3.05) is 19.8 Å². The number of ether oxygens (including phenoxy) is 2. The first-order valence-corrected chi connectivity index (χ1v) is 10.7. The van der Waals surface area contributed by atoms with Crippen molar-refractivity contribution in [2.45, 2.75) is 38.8 Å². The van der Waals surface area contributed by atoms with Gasteiger partial charge in [-0.05, 0) is 49.1 Å². The second kappa shape index (κ2) is 9.75. The molecular weight excluding hydrogens is 394 g/mol. The number of para-hydroxylation sites is 1. The van der Waals surface area contributed by atoms with Crippen LogP contribution in [0.15, 0.2) is 53.3 Å². The van der Waals surface area contributed by atoms with Crippen molar-refractivity contribution in [1.29, 1.82) is 0 Å². The molecule has 1 amide bonds. The van der Waals surface area contributed by atoms with E-state index in [1.807, 2.05) is 30.3 Å². The Morgan fingerprint density at radius 2 is 2.03 bits per heavy atom. The molecule has 1 saturated heterocycles. The molecule has 2 heterocycles. The number of nitrogens with zero attached hydrogens (tertiary/aromatic N) is 2. The molecule has 1 aliphatic rings. The van der Waals surface area contributed by atoms with Crippen LogP contribution in [-0.4, -0.2) is 46.6 Å². The number of hydrogen-bond acceptors (Lipinski definition) is 5. The van der Waals surface area contributed by atoms with E-state index in [9.17, 15) is 9.59 Å². The zero-order valence-electron chi connectivity index (χ0n) is 17.7. The molecule has 0 saturated carbocycles. The van der Waals surface area contributed by atoms with Crippen LogP contribution >= 0.6 is 0 Å². The second-order valence-corrected chi connectivity index (χ2v) is 7.73. The molecule has 162 valence electrons. The Balaban J connectivity index is 1.49. The van der Waals surface area contributed by atoms with Crippen LogP contribution in [0.4, 0.5) is 0 Å². The molecular formula is C24H27N3O4. The van der Waals surface area contributed by atoms with Crippen molar-refractivity contribution in [2.24, 2.45) is 0 Å². The number of hydrogen-bond donors (Lipinski definition) is 1. The molecule has 1 unspecified atom stereocenters. The molecule has 4 rings (SSSR count). The van der Waals surface area contributed by atoms with Crippen LogP contribution in [0.1, 0.15) is 31.2 Å². The topological polar surface area (TPSA) is 84.5 Å². The molecule has 3 aromatic rings. The average molecular weight is 421 g/mol. The third-order valence-corrected chi connectivity index (χ3v) is 5.50. The molecule has 2 aromatic carbocycles. The minimum atomic E-state index is -0.211. The molecule has 0 radical (unpaired) electrons. The van der Waals surface area contributed by atoms with E-state index >= 15 is 0 Å². The summed E-state index contributed by atoms with van der Waals surface area (Å²) in [7, 11) is 0. The highest BCUT2D eigenvalue weighted by atomic mass is 16.5. The van der Waals surface area contributed by atoms with E-state index in [2.05, 4.69) is 16.9 Å². The smallest absolute Gasteiger partial charge is 0.261 e. The van der Waals surface area contributed by atoms with Crippen LogP contribution in [0.25, 0.3) is 10.9 Å². The fraction of sp³-hybridized carbons (Fsp3) is 0.375. The first kappa shape index (κ1) is 21.1. The number of amides is 1. The predicted molar refractivity (Wildman–Crippen MR) is 118 cm³/mol. The summed E-state index contributed by atoms with van der Waals surface area (Å²) in [5, 5.41) is 0.530. The Labute approximate surface area is 181 Å². The number of carbonyl (C=O) groups is 1. The number of aromatic nitrogens is 2. The maximum atomic E-state index is 13.0. The Kier molecular flexibility index (Phi) is 6.62. The summed E-state index contributed by atoms with van der Waals surface area (Å²) in [6, 6.07) is 14.9. The number of H-pyrrole nitrogens is 1. The molecule has 1 fully saturated rings. The average Bonchev–Trinajstić information content (AvgIpc) is 3.30. The highest BCUT2D eigenvalue weighted by molar-refractivity contribution is 5.78. The summed E-state index contributed by atoms with van der Waals surface area (Å²) in [5.41, 5.74) is 1.61. The van der Waals surface area contributed by atoms with Gasteiger partial charge >= 0.3 is 0 Å². The lowest BCUT2D eigenvalue weighted by Crippen LogP contribution is -2.40. The Bertz CT molecular complexity index is 1090. The van der Waals surface area contributed by atoms with Crippen molar-refractivity contribution >= 4 is 16.8 Å². The zero-order chi connectivity index (χ0) is 21.6. The molecule has 1 atom stereocenters. The summed E-state index contributed by atoms with van der Waals surface area (Å²) in [6.45, 7) is 3.34. The molecule has 1 aliphatic heterocycles. The monoisotopic (exact) mass is 421 g/mol. The number of benzene rings is 2. The van der Waals surface area contributed by atoms with Crippen LogP contribution in [-0.2, 0) is 22.5 Å². The lowest BCUT2D eigenvalue weighted by molar-refractivity contribution is -0.135. The van der Waals surface area contributed by atoms with Gasteiger partial charge in [0.05, 0.1) is 23.6 Å². The summed E-state index contributed by atoms with van der Waals surface area (Å²) >= 11 is 0. The van der Waals surface area contributed by atoms with Gasteiger partial charge in [-0.2, -0.15) is 0 Å². The summed E-state index contributed by atoms with van der Waals surface area (Å²) in [4.78, 5) is 34.4. The maximum absolute atomic E-state index is 13.0. The Hall–Kier alpha value is -3.19. The summed E-state index contributed by atoms with van der Waals surface area (Å²) in [5.74, 6) is 0.924. The van der Waals surface area contributed by atoms with Gasteiger partial charge in [-0.15, -0.1) is 0 Å². The summed E-state index contributed by atoms with van der Waals surface area (Å²) < 4.78 is 11.4. The quantitative estimate of drug-likeness (QED) is 0.604. The molecule has 31 heavy (non-hydrogen) atoms. The number of nitrogens with one attached hydrogen (secondary N) is 1. The zero-order valence-corrected chi connectivity index (χ0v) is 17.7. The van der Waals surface area contributed by atoms with Gasteiger partial charge in [0.25, 0.3) is 11.5 Å². The highest BCUT2D eigenvalue weighted by Crippen LogP contribution is 2.16. The molecule has 0 spiro atoms. The van der Waals surface area contributed by atoms with Gasteiger partial charge in [0.1, 0.15) is 11.6 Å². The lowest BCUT2D eigenvalue weighted by Gasteiger charge is -2.25. The number of rotatable bonds is 8.